The van der Waals surface area contributed by atoms with E-state index in [1.807, 2.05) is 0 Å². The summed E-state index contributed by atoms with van der Waals surface area (Å²) in [5, 5.41) is 0. The van der Waals surface area contributed by atoms with Gasteiger partial charge in [-0.25, -0.2) is 0 Å². The van der Waals surface area contributed by atoms with Crippen LogP contribution in [0.15, 0.2) is 0 Å². The Morgan fingerprint density at radius 3 is 0.702 bits per heavy atom. The molecule has 1 unspecified atom stereocenters. The fraction of sp³-hybridized carbons (Fsp3) is 0.941. The predicted molar refractivity (Wildman–Crippen MR) is 243 cm³/mol. The molecule has 0 aliphatic rings. The van der Waals surface area contributed by atoms with Crippen molar-refractivity contribution in [2.24, 2.45) is 0 Å². The summed E-state index contributed by atoms with van der Waals surface area (Å²) in [5.41, 5.74) is 0. The molecule has 338 valence electrons. The van der Waals surface area contributed by atoms with Crippen LogP contribution < -0.4 is 0 Å². The van der Waals surface area contributed by atoms with Gasteiger partial charge in [0.05, 0.1) is 0 Å². The molecule has 0 heterocycles. The lowest BCUT2D eigenvalue weighted by Crippen LogP contribution is -2.30. The normalized spacial score (nSPS) is 11.8. The third-order valence-corrected chi connectivity index (χ3v) is 11.6. The van der Waals surface area contributed by atoms with Crippen molar-refractivity contribution in [3.8, 4) is 0 Å². The number of carbonyl (C=O) groups is 3. The van der Waals surface area contributed by atoms with E-state index in [1.54, 1.807) is 0 Å². The van der Waals surface area contributed by atoms with Crippen LogP contribution >= 0.6 is 0 Å². The average molecular weight is 807 g/mol. The highest BCUT2D eigenvalue weighted by molar-refractivity contribution is 5.71. The van der Waals surface area contributed by atoms with Gasteiger partial charge in [0, 0.05) is 19.3 Å². The molecule has 0 aliphatic heterocycles. The van der Waals surface area contributed by atoms with E-state index in [1.165, 1.54) is 186 Å². The first-order valence-electron chi connectivity index (χ1n) is 25.5. The van der Waals surface area contributed by atoms with Crippen LogP contribution in [0.3, 0.4) is 0 Å². The molecule has 1 atom stereocenters. The number of esters is 3. The third kappa shape index (κ3) is 45.3. The maximum absolute atomic E-state index is 12.6. The highest BCUT2D eigenvalue weighted by Crippen LogP contribution is 2.17. The zero-order valence-electron chi connectivity index (χ0n) is 38.6. The summed E-state index contributed by atoms with van der Waals surface area (Å²) in [4.78, 5) is 37.3. The lowest BCUT2D eigenvalue weighted by Gasteiger charge is -2.18. The van der Waals surface area contributed by atoms with Gasteiger partial charge in [-0.3, -0.25) is 14.4 Å². The zero-order valence-corrected chi connectivity index (χ0v) is 38.6. The van der Waals surface area contributed by atoms with Crippen molar-refractivity contribution < 1.29 is 28.6 Å². The molecule has 0 aromatic carbocycles. The Kier molecular flexibility index (Phi) is 45.8. The van der Waals surface area contributed by atoms with Gasteiger partial charge >= 0.3 is 17.9 Å². The largest absolute Gasteiger partial charge is 0.462 e. The number of ether oxygens (including phenoxy) is 3. The maximum atomic E-state index is 12.6. The molecule has 0 saturated carbocycles. The van der Waals surface area contributed by atoms with Crippen molar-refractivity contribution in [3.63, 3.8) is 0 Å². The third-order valence-electron chi connectivity index (χ3n) is 11.6. The lowest BCUT2D eigenvalue weighted by molar-refractivity contribution is -0.167. The van der Waals surface area contributed by atoms with Gasteiger partial charge in [0.1, 0.15) is 13.2 Å². The Morgan fingerprint density at radius 1 is 0.281 bits per heavy atom. The minimum Gasteiger partial charge on any atom is -0.462 e. The SMILES string of the molecule is CCCCCCCCCCCCCCCCCCCCCCCCCCCCCC(=O)OCC(COC(=O)CCCCCCC)OC(=O)CCCCCCCCC. The average Bonchev–Trinajstić information content (AvgIpc) is 3.21. The second-order valence-electron chi connectivity index (χ2n) is 17.5. The molecule has 0 spiro atoms. The molecular formula is C51H98O6. The zero-order chi connectivity index (χ0) is 41.5. The monoisotopic (exact) mass is 807 g/mol. The minimum absolute atomic E-state index is 0.0646. The first-order chi connectivity index (χ1) is 28.0. The first kappa shape index (κ1) is 55.4. The smallest absolute Gasteiger partial charge is 0.306 e. The van der Waals surface area contributed by atoms with Gasteiger partial charge in [0.2, 0.25) is 0 Å². The van der Waals surface area contributed by atoms with E-state index in [0.29, 0.717) is 19.3 Å². The summed E-state index contributed by atoms with van der Waals surface area (Å²) >= 11 is 0. The first-order valence-corrected chi connectivity index (χ1v) is 25.5. The molecule has 6 heteroatoms. The van der Waals surface area contributed by atoms with Crippen LogP contribution in [0.2, 0.25) is 0 Å². The number of rotatable bonds is 47. The molecule has 6 nitrogen and oxygen atoms in total. The van der Waals surface area contributed by atoms with E-state index in [4.69, 9.17) is 14.2 Å². The van der Waals surface area contributed by atoms with E-state index < -0.39 is 6.10 Å². The Labute approximate surface area is 355 Å². The van der Waals surface area contributed by atoms with Crippen molar-refractivity contribution >= 4 is 17.9 Å². The van der Waals surface area contributed by atoms with Crippen LogP contribution in [-0.2, 0) is 28.6 Å². The fourth-order valence-corrected chi connectivity index (χ4v) is 7.74. The summed E-state index contributed by atoms with van der Waals surface area (Å²) < 4.78 is 16.6. The lowest BCUT2D eigenvalue weighted by atomic mass is 10.0. The van der Waals surface area contributed by atoms with Gasteiger partial charge in [0.15, 0.2) is 6.10 Å². The standard InChI is InChI=1S/C51H98O6/c1-4-7-10-13-15-16-17-18-19-20-21-22-23-24-25-26-27-28-29-30-31-32-33-34-36-38-41-44-50(53)56-47-48(46-55-49(52)43-40-37-12-9-6-3)57-51(54)45-42-39-35-14-11-8-5-2/h48H,4-47H2,1-3H3. The van der Waals surface area contributed by atoms with Gasteiger partial charge in [-0.1, -0.05) is 252 Å². The van der Waals surface area contributed by atoms with Gasteiger partial charge in [-0.05, 0) is 19.3 Å². The molecular weight excluding hydrogens is 709 g/mol. The second-order valence-corrected chi connectivity index (χ2v) is 17.5. The molecule has 0 amide bonds. The minimum atomic E-state index is -0.756. The van der Waals surface area contributed by atoms with Crippen molar-refractivity contribution in [2.45, 2.75) is 297 Å². The Bertz CT molecular complexity index is 844. The van der Waals surface area contributed by atoms with Crippen LogP contribution in [0.5, 0.6) is 0 Å². The van der Waals surface area contributed by atoms with Crippen molar-refractivity contribution in [1.29, 1.82) is 0 Å². The molecule has 0 radical (unpaired) electrons. The van der Waals surface area contributed by atoms with Gasteiger partial charge < -0.3 is 14.2 Å². The number of hydrogen-bond donors (Lipinski definition) is 0. The summed E-state index contributed by atoms with van der Waals surface area (Å²) in [6, 6.07) is 0. The molecule has 0 N–H and O–H groups in total. The van der Waals surface area contributed by atoms with Crippen LogP contribution in [0.25, 0.3) is 0 Å². The molecule has 0 aromatic heterocycles. The predicted octanol–water partition coefficient (Wildman–Crippen LogP) is 16.4. The van der Waals surface area contributed by atoms with Gasteiger partial charge in [0.25, 0.3) is 0 Å². The quantitative estimate of drug-likeness (QED) is 0.0346. The number of unbranched alkanes of at least 4 members (excludes halogenated alkanes) is 36. The molecule has 0 aliphatic carbocycles. The van der Waals surface area contributed by atoms with Crippen LogP contribution in [0.4, 0.5) is 0 Å². The van der Waals surface area contributed by atoms with E-state index in [-0.39, 0.29) is 31.1 Å². The van der Waals surface area contributed by atoms with E-state index in [9.17, 15) is 14.4 Å². The summed E-state index contributed by atoms with van der Waals surface area (Å²) in [5.74, 6) is -0.873. The Morgan fingerprint density at radius 2 is 0.474 bits per heavy atom. The Hall–Kier alpha value is -1.59. The van der Waals surface area contributed by atoms with Crippen LogP contribution in [0, 0.1) is 0 Å². The molecule has 0 saturated heterocycles. The molecule has 57 heavy (non-hydrogen) atoms. The molecule has 0 fully saturated rings. The number of carbonyl (C=O) groups excluding carboxylic acids is 3. The highest BCUT2D eigenvalue weighted by atomic mass is 16.6. The van der Waals surface area contributed by atoms with Crippen LogP contribution in [-0.4, -0.2) is 37.2 Å². The van der Waals surface area contributed by atoms with E-state index in [0.717, 1.165) is 64.2 Å². The maximum Gasteiger partial charge on any atom is 0.306 e. The Balaban J connectivity index is 3.82. The van der Waals surface area contributed by atoms with Crippen molar-refractivity contribution in [3.05, 3.63) is 0 Å². The van der Waals surface area contributed by atoms with Gasteiger partial charge in [-0.15, -0.1) is 0 Å². The molecule has 0 rings (SSSR count). The van der Waals surface area contributed by atoms with Crippen molar-refractivity contribution in [1.82, 2.24) is 0 Å². The van der Waals surface area contributed by atoms with Crippen LogP contribution in [0.1, 0.15) is 290 Å². The summed E-state index contributed by atoms with van der Waals surface area (Å²) in [7, 11) is 0. The topological polar surface area (TPSA) is 78.9 Å². The summed E-state index contributed by atoms with van der Waals surface area (Å²) in [6.45, 7) is 6.54. The molecule has 0 aromatic rings. The molecule has 0 bridgehead atoms. The summed E-state index contributed by atoms with van der Waals surface area (Å²) in [6.07, 6.45) is 50.3. The second kappa shape index (κ2) is 47.1. The fourth-order valence-electron chi connectivity index (χ4n) is 7.74. The number of hydrogen-bond acceptors (Lipinski definition) is 6. The van der Waals surface area contributed by atoms with E-state index in [2.05, 4.69) is 20.8 Å². The van der Waals surface area contributed by atoms with Crippen molar-refractivity contribution in [2.75, 3.05) is 13.2 Å². The van der Waals surface area contributed by atoms with Gasteiger partial charge in [-0.2, -0.15) is 0 Å². The van der Waals surface area contributed by atoms with E-state index >= 15 is 0 Å². The highest BCUT2D eigenvalue weighted by Gasteiger charge is 2.19.